The summed E-state index contributed by atoms with van der Waals surface area (Å²) in [7, 11) is 0. The normalized spacial score (nSPS) is 25.4. The zero-order valence-electron chi connectivity index (χ0n) is 45.5. The lowest BCUT2D eigenvalue weighted by molar-refractivity contribution is -0.332. The van der Waals surface area contributed by atoms with E-state index in [2.05, 4.69) is 98.9 Å². The molecule has 2 heterocycles. The molecule has 0 bridgehead atoms. The number of allylic oxidation sites excluding steroid dienone is 14. The highest BCUT2D eigenvalue weighted by molar-refractivity contribution is 5.69. The van der Waals surface area contributed by atoms with Gasteiger partial charge in [-0.15, -0.1) is 0 Å². The van der Waals surface area contributed by atoms with Gasteiger partial charge in [-0.05, 0) is 83.5 Å². The fourth-order valence-electron chi connectivity index (χ4n) is 8.50. The van der Waals surface area contributed by atoms with Gasteiger partial charge >= 0.3 is 5.97 Å². The molecule has 2 aliphatic heterocycles. The molecule has 11 unspecified atom stereocenters. The number of aliphatic hydroxyl groups excluding tert-OH is 7. The Morgan fingerprint density at radius 3 is 1.38 bits per heavy atom. The monoisotopic (exact) mass is 1050 g/mol. The van der Waals surface area contributed by atoms with Crippen LogP contribution in [0.1, 0.15) is 187 Å². The van der Waals surface area contributed by atoms with E-state index >= 15 is 0 Å². The lowest BCUT2D eigenvalue weighted by atomic mass is 9.98. The van der Waals surface area contributed by atoms with Gasteiger partial charge in [-0.3, -0.25) is 4.79 Å². The highest BCUT2D eigenvalue weighted by Crippen LogP contribution is 2.26. The number of unbranched alkanes of at least 4 members (excludes halogenated alkanes) is 17. The van der Waals surface area contributed by atoms with Gasteiger partial charge in [-0.1, -0.05) is 182 Å². The largest absolute Gasteiger partial charge is 0.457 e. The lowest BCUT2D eigenvalue weighted by Crippen LogP contribution is -2.61. The summed E-state index contributed by atoms with van der Waals surface area (Å²) in [6, 6.07) is 0. The molecule has 14 heteroatoms. The van der Waals surface area contributed by atoms with Crippen LogP contribution < -0.4 is 0 Å². The van der Waals surface area contributed by atoms with Gasteiger partial charge in [0.05, 0.1) is 26.4 Å². The zero-order chi connectivity index (χ0) is 53.7. The minimum absolute atomic E-state index is 0.0481. The molecule has 0 aliphatic carbocycles. The maximum absolute atomic E-state index is 13.0. The molecule has 0 saturated carbocycles. The number of esters is 1. The van der Waals surface area contributed by atoms with Crippen molar-refractivity contribution in [3.8, 4) is 0 Å². The van der Waals surface area contributed by atoms with Crippen LogP contribution in [0.2, 0.25) is 0 Å². The van der Waals surface area contributed by atoms with Crippen molar-refractivity contribution in [3.63, 3.8) is 0 Å². The van der Waals surface area contributed by atoms with Crippen LogP contribution in [0, 0.1) is 0 Å². The van der Waals surface area contributed by atoms with E-state index < -0.39 is 86.7 Å². The van der Waals surface area contributed by atoms with E-state index in [1.807, 2.05) is 0 Å². The molecule has 2 rings (SSSR count). The zero-order valence-corrected chi connectivity index (χ0v) is 45.5. The van der Waals surface area contributed by atoms with Crippen molar-refractivity contribution in [3.05, 3.63) is 85.1 Å². The van der Waals surface area contributed by atoms with E-state index in [1.54, 1.807) is 0 Å². The number of ether oxygens (including phenoxy) is 6. The average Bonchev–Trinajstić information content (AvgIpc) is 3.40. The van der Waals surface area contributed by atoms with Crippen molar-refractivity contribution < 1.29 is 69.0 Å². The van der Waals surface area contributed by atoms with Gasteiger partial charge in [-0.25, -0.2) is 0 Å². The first-order valence-corrected chi connectivity index (χ1v) is 28.7. The number of hydrogen-bond acceptors (Lipinski definition) is 14. The standard InChI is InChI=1S/C60H102O14/c1-3-5-7-9-11-13-15-17-19-20-21-22-23-24-25-26-27-28-29-30-32-34-36-38-40-42-44-69-46-49(72-52(62)43-41-39-37-35-33-31-18-16-14-12-10-8-6-4-2)47-70-59-58(68)56(66)54(64)51(74-59)48-71-60-57(67)55(65)53(63)50(45-61)73-60/h5,7,10-13,16-19,21-22,24-25,49-51,53-61,63-68H,3-4,6,8-9,14-15,20,23,26-48H2,1-2H3/b7-5-,12-10-,13-11-,18-16-,19-17-,22-21-,25-24-. The van der Waals surface area contributed by atoms with Gasteiger partial charge < -0.3 is 64.2 Å². The van der Waals surface area contributed by atoms with Gasteiger partial charge in [0.25, 0.3) is 0 Å². The Labute approximate surface area is 446 Å². The molecule has 0 amide bonds. The Morgan fingerprint density at radius 2 is 0.878 bits per heavy atom. The summed E-state index contributed by atoms with van der Waals surface area (Å²) in [4.78, 5) is 13.0. The minimum Gasteiger partial charge on any atom is -0.457 e. The van der Waals surface area contributed by atoms with Gasteiger partial charge in [-0.2, -0.15) is 0 Å². The van der Waals surface area contributed by atoms with Crippen LogP contribution in [-0.2, 0) is 33.2 Å². The molecule has 426 valence electrons. The average molecular weight is 1050 g/mol. The smallest absolute Gasteiger partial charge is 0.306 e. The van der Waals surface area contributed by atoms with Gasteiger partial charge in [0.1, 0.15) is 54.9 Å². The molecule has 14 nitrogen and oxygen atoms in total. The molecule has 0 aromatic carbocycles. The number of carbonyl (C=O) groups excluding carboxylic acids is 1. The van der Waals surface area contributed by atoms with Gasteiger partial charge in [0.2, 0.25) is 0 Å². The molecule has 0 radical (unpaired) electrons. The fraction of sp³-hybridized carbons (Fsp3) is 0.750. The second-order valence-electron chi connectivity index (χ2n) is 19.7. The van der Waals surface area contributed by atoms with Crippen LogP contribution in [0.4, 0.5) is 0 Å². The summed E-state index contributed by atoms with van der Waals surface area (Å²) in [6.45, 7) is 3.49. The van der Waals surface area contributed by atoms with Crippen molar-refractivity contribution in [2.24, 2.45) is 0 Å². The molecular weight excluding hydrogens is 945 g/mol. The highest BCUT2D eigenvalue weighted by atomic mass is 16.7. The number of rotatable bonds is 45. The highest BCUT2D eigenvalue weighted by Gasteiger charge is 2.47. The Hall–Kier alpha value is -2.83. The fourth-order valence-corrected chi connectivity index (χ4v) is 8.50. The molecule has 0 spiro atoms. The summed E-state index contributed by atoms with van der Waals surface area (Å²) >= 11 is 0. The maximum atomic E-state index is 13.0. The number of hydrogen-bond donors (Lipinski definition) is 7. The Morgan fingerprint density at radius 1 is 0.459 bits per heavy atom. The van der Waals surface area contributed by atoms with E-state index in [0.717, 1.165) is 103 Å². The summed E-state index contributed by atoms with van der Waals surface area (Å²) in [5.74, 6) is -0.395. The lowest BCUT2D eigenvalue weighted by Gasteiger charge is -2.42. The van der Waals surface area contributed by atoms with E-state index in [0.29, 0.717) is 13.0 Å². The van der Waals surface area contributed by atoms with Gasteiger partial charge in [0.15, 0.2) is 12.6 Å². The van der Waals surface area contributed by atoms with Crippen LogP contribution in [0.25, 0.3) is 0 Å². The number of aliphatic hydroxyl groups is 7. The quantitative estimate of drug-likeness (QED) is 0.0172. The SMILES string of the molecule is CC/C=C\C/C=C\C/C=C\C/C=C\C/C=C\CCCCCCCCCCCCOCC(COC1OC(COC2OC(CO)C(O)C(O)C2O)C(O)C(O)C1O)OC(=O)CCCCCCC/C=C\C/C=C\CCCC. The molecule has 2 aliphatic rings. The summed E-state index contributed by atoms with van der Waals surface area (Å²) in [5, 5.41) is 72.3. The molecule has 2 saturated heterocycles. The first kappa shape index (κ1) is 67.3. The predicted octanol–water partition coefficient (Wildman–Crippen LogP) is 10.0. The molecule has 7 N–H and O–H groups in total. The van der Waals surface area contributed by atoms with Crippen molar-refractivity contribution >= 4 is 5.97 Å². The van der Waals surface area contributed by atoms with E-state index in [1.165, 1.54) is 57.8 Å². The Kier molecular flexibility index (Phi) is 42.1. The molecule has 11 atom stereocenters. The van der Waals surface area contributed by atoms with Crippen LogP contribution in [0.5, 0.6) is 0 Å². The van der Waals surface area contributed by atoms with Crippen LogP contribution in [-0.4, -0.2) is 142 Å². The predicted molar refractivity (Wildman–Crippen MR) is 293 cm³/mol. The van der Waals surface area contributed by atoms with Crippen molar-refractivity contribution in [1.29, 1.82) is 0 Å². The Bertz CT molecular complexity index is 1540. The van der Waals surface area contributed by atoms with E-state index in [9.17, 15) is 40.5 Å². The summed E-state index contributed by atoms with van der Waals surface area (Å²) in [5.41, 5.74) is 0. The molecule has 0 aromatic heterocycles. The molecular formula is C60H102O14. The van der Waals surface area contributed by atoms with E-state index in [4.69, 9.17) is 28.4 Å². The molecule has 2 fully saturated rings. The third-order valence-electron chi connectivity index (χ3n) is 13.1. The second kappa shape index (κ2) is 46.3. The van der Waals surface area contributed by atoms with Gasteiger partial charge in [0, 0.05) is 13.0 Å². The maximum Gasteiger partial charge on any atom is 0.306 e. The second-order valence-corrected chi connectivity index (χ2v) is 19.7. The van der Waals surface area contributed by atoms with Crippen LogP contribution in [0.3, 0.4) is 0 Å². The Balaban J connectivity index is 1.70. The minimum atomic E-state index is -1.71. The molecule has 74 heavy (non-hydrogen) atoms. The first-order chi connectivity index (χ1) is 36.1. The third-order valence-corrected chi connectivity index (χ3v) is 13.1. The number of carbonyl (C=O) groups is 1. The summed E-state index contributed by atoms with van der Waals surface area (Å²) < 4.78 is 34.3. The first-order valence-electron chi connectivity index (χ1n) is 28.7. The third kappa shape index (κ3) is 32.7. The molecule has 0 aromatic rings. The summed E-state index contributed by atoms with van der Waals surface area (Å²) in [6.07, 6.45) is 43.6. The topological polar surface area (TPSA) is 214 Å². The van der Waals surface area contributed by atoms with Crippen molar-refractivity contribution in [1.82, 2.24) is 0 Å². The van der Waals surface area contributed by atoms with Crippen LogP contribution >= 0.6 is 0 Å². The van der Waals surface area contributed by atoms with Crippen molar-refractivity contribution in [2.75, 3.05) is 33.0 Å². The van der Waals surface area contributed by atoms with Crippen LogP contribution in [0.15, 0.2) is 85.1 Å². The van der Waals surface area contributed by atoms with Crippen molar-refractivity contribution in [2.45, 2.75) is 255 Å². The van der Waals surface area contributed by atoms with E-state index in [-0.39, 0.29) is 19.6 Å².